The number of rotatable bonds is 3. The third kappa shape index (κ3) is 2.87. The lowest BCUT2D eigenvalue weighted by Gasteiger charge is -2.00. The Kier molecular flexibility index (Phi) is 3.55. The van der Waals surface area contributed by atoms with E-state index >= 15 is 0 Å². The highest BCUT2D eigenvalue weighted by atomic mass is 19.1. The van der Waals surface area contributed by atoms with Crippen LogP contribution in [0, 0.1) is 11.6 Å². The fraction of sp³-hybridized carbons (Fsp3) is 0.182. The zero-order valence-corrected chi connectivity index (χ0v) is 8.13. The van der Waals surface area contributed by atoms with Gasteiger partial charge in [0.15, 0.2) is 0 Å². The van der Waals surface area contributed by atoms with Crippen molar-refractivity contribution in [2.45, 2.75) is 13.3 Å². The molecule has 1 aromatic carbocycles. The molecule has 2 nitrogen and oxygen atoms in total. The maximum absolute atomic E-state index is 13.1. The summed E-state index contributed by atoms with van der Waals surface area (Å²) in [5, 5.41) is 8.72. The number of benzene rings is 1. The molecule has 0 unspecified atom stereocenters. The molecule has 80 valence electrons. The zero-order valence-electron chi connectivity index (χ0n) is 8.13. The lowest BCUT2D eigenvalue weighted by Crippen LogP contribution is -1.99. The molecule has 1 aromatic rings. The van der Waals surface area contributed by atoms with Gasteiger partial charge >= 0.3 is 5.97 Å². The van der Waals surface area contributed by atoms with Crippen molar-refractivity contribution in [1.29, 1.82) is 0 Å². The van der Waals surface area contributed by atoms with Gasteiger partial charge in [-0.2, -0.15) is 0 Å². The number of aliphatic carboxylic acids is 1. The Labute approximate surface area is 85.9 Å². The van der Waals surface area contributed by atoms with Crippen LogP contribution >= 0.6 is 0 Å². The van der Waals surface area contributed by atoms with Crippen LogP contribution in [0.15, 0.2) is 23.8 Å². The number of hydrogen-bond acceptors (Lipinski definition) is 1. The van der Waals surface area contributed by atoms with E-state index in [0.29, 0.717) is 0 Å². The summed E-state index contributed by atoms with van der Waals surface area (Å²) in [5.41, 5.74) is 0.163. The molecule has 0 saturated heterocycles. The van der Waals surface area contributed by atoms with Crippen LogP contribution in [0.4, 0.5) is 8.78 Å². The van der Waals surface area contributed by atoms with Gasteiger partial charge in [0.2, 0.25) is 0 Å². The van der Waals surface area contributed by atoms with Crippen molar-refractivity contribution in [1.82, 2.24) is 0 Å². The topological polar surface area (TPSA) is 37.3 Å². The molecule has 0 radical (unpaired) electrons. The second-order valence-electron chi connectivity index (χ2n) is 2.99. The Balaban J connectivity index is 3.12. The van der Waals surface area contributed by atoms with Crippen molar-refractivity contribution in [3.05, 3.63) is 41.0 Å². The Morgan fingerprint density at radius 1 is 1.47 bits per heavy atom. The van der Waals surface area contributed by atoms with E-state index in [4.69, 9.17) is 5.11 Å². The minimum Gasteiger partial charge on any atom is -0.478 e. The Morgan fingerprint density at radius 2 is 2.13 bits per heavy atom. The standard InChI is InChI=1S/C11H10F2O2/c1-2-7(11(14)15)5-8-3-4-9(12)6-10(8)13/h3-6H,2H2,1H3,(H,14,15). The number of halogens is 2. The van der Waals surface area contributed by atoms with E-state index in [1.54, 1.807) is 6.92 Å². The van der Waals surface area contributed by atoms with E-state index in [-0.39, 0.29) is 17.6 Å². The van der Waals surface area contributed by atoms with E-state index in [1.807, 2.05) is 0 Å². The summed E-state index contributed by atoms with van der Waals surface area (Å²) < 4.78 is 25.7. The first-order valence-electron chi connectivity index (χ1n) is 4.43. The summed E-state index contributed by atoms with van der Waals surface area (Å²) >= 11 is 0. The molecular formula is C11H10F2O2. The van der Waals surface area contributed by atoms with Gasteiger partial charge in [0, 0.05) is 17.2 Å². The lowest BCUT2D eigenvalue weighted by atomic mass is 10.1. The molecule has 0 aliphatic carbocycles. The average Bonchev–Trinajstić information content (AvgIpc) is 2.16. The first-order chi connectivity index (χ1) is 7.04. The van der Waals surface area contributed by atoms with Gasteiger partial charge in [-0.25, -0.2) is 13.6 Å². The van der Waals surface area contributed by atoms with Gasteiger partial charge in [0.25, 0.3) is 0 Å². The van der Waals surface area contributed by atoms with Crippen molar-refractivity contribution < 1.29 is 18.7 Å². The molecule has 1 N–H and O–H groups in total. The van der Waals surface area contributed by atoms with Crippen LogP contribution in [0.5, 0.6) is 0 Å². The van der Waals surface area contributed by atoms with Crippen molar-refractivity contribution in [3.63, 3.8) is 0 Å². The quantitative estimate of drug-likeness (QED) is 0.782. The molecular weight excluding hydrogens is 202 g/mol. The first kappa shape index (κ1) is 11.4. The minimum absolute atomic E-state index is 0.0793. The Morgan fingerprint density at radius 3 is 2.60 bits per heavy atom. The van der Waals surface area contributed by atoms with Crippen molar-refractivity contribution in [3.8, 4) is 0 Å². The van der Waals surface area contributed by atoms with Gasteiger partial charge in [-0.1, -0.05) is 6.92 Å². The van der Waals surface area contributed by atoms with Gasteiger partial charge in [0.1, 0.15) is 11.6 Å². The normalized spacial score (nSPS) is 11.5. The highest BCUT2D eigenvalue weighted by molar-refractivity contribution is 5.92. The molecule has 0 heterocycles. The number of hydrogen-bond donors (Lipinski definition) is 1. The van der Waals surface area contributed by atoms with Crippen LogP contribution in [0.25, 0.3) is 6.08 Å². The highest BCUT2D eigenvalue weighted by Gasteiger charge is 2.07. The third-order valence-electron chi connectivity index (χ3n) is 1.95. The second kappa shape index (κ2) is 4.68. The van der Waals surface area contributed by atoms with Crippen LogP contribution in [-0.4, -0.2) is 11.1 Å². The summed E-state index contributed by atoms with van der Waals surface area (Å²) in [6.07, 6.45) is 1.49. The number of carbonyl (C=O) groups is 1. The fourth-order valence-corrected chi connectivity index (χ4v) is 1.12. The number of carboxylic acid groups (broad SMARTS) is 1. The molecule has 0 aromatic heterocycles. The van der Waals surface area contributed by atoms with Gasteiger partial charge in [-0.15, -0.1) is 0 Å². The van der Waals surface area contributed by atoms with Crippen molar-refractivity contribution in [2.24, 2.45) is 0 Å². The largest absolute Gasteiger partial charge is 0.478 e. The summed E-state index contributed by atoms with van der Waals surface area (Å²) in [4.78, 5) is 10.6. The molecule has 0 spiro atoms. The van der Waals surface area contributed by atoms with E-state index in [2.05, 4.69) is 0 Å². The fourth-order valence-electron chi connectivity index (χ4n) is 1.12. The maximum atomic E-state index is 13.1. The van der Waals surface area contributed by atoms with E-state index in [1.165, 1.54) is 12.1 Å². The summed E-state index contributed by atoms with van der Waals surface area (Å²) in [5.74, 6) is -2.54. The van der Waals surface area contributed by atoms with Crippen molar-refractivity contribution in [2.75, 3.05) is 0 Å². The average molecular weight is 212 g/mol. The second-order valence-corrected chi connectivity index (χ2v) is 2.99. The summed E-state index contributed by atoms with van der Waals surface area (Å²) in [7, 11) is 0. The summed E-state index contributed by atoms with van der Waals surface area (Å²) in [6.45, 7) is 1.65. The Bertz CT molecular complexity index is 411. The SMILES string of the molecule is CCC(=Cc1ccc(F)cc1F)C(=O)O. The molecule has 0 atom stereocenters. The van der Waals surface area contributed by atoms with Crippen LogP contribution in [0.3, 0.4) is 0 Å². The molecule has 4 heteroatoms. The number of carboxylic acids is 1. The molecule has 0 fully saturated rings. The summed E-state index contributed by atoms with van der Waals surface area (Å²) in [6, 6.07) is 3.02. The molecule has 0 aliphatic heterocycles. The van der Waals surface area contributed by atoms with Gasteiger partial charge in [-0.05, 0) is 24.6 Å². The maximum Gasteiger partial charge on any atom is 0.331 e. The first-order valence-corrected chi connectivity index (χ1v) is 4.43. The highest BCUT2D eigenvalue weighted by Crippen LogP contribution is 2.15. The minimum atomic E-state index is -1.10. The van der Waals surface area contributed by atoms with Crippen molar-refractivity contribution >= 4 is 12.0 Å². The van der Waals surface area contributed by atoms with E-state index in [9.17, 15) is 13.6 Å². The van der Waals surface area contributed by atoms with Crippen LogP contribution in [-0.2, 0) is 4.79 Å². The van der Waals surface area contributed by atoms with E-state index < -0.39 is 17.6 Å². The lowest BCUT2D eigenvalue weighted by molar-refractivity contribution is -0.132. The van der Waals surface area contributed by atoms with E-state index in [0.717, 1.165) is 12.1 Å². The Hall–Kier alpha value is -1.71. The smallest absolute Gasteiger partial charge is 0.331 e. The monoisotopic (exact) mass is 212 g/mol. The zero-order chi connectivity index (χ0) is 11.4. The molecule has 1 rings (SSSR count). The predicted octanol–water partition coefficient (Wildman–Crippen LogP) is 2.84. The van der Waals surface area contributed by atoms with Gasteiger partial charge in [-0.3, -0.25) is 0 Å². The molecule has 0 aliphatic rings. The predicted molar refractivity (Wildman–Crippen MR) is 52.3 cm³/mol. The third-order valence-corrected chi connectivity index (χ3v) is 1.95. The van der Waals surface area contributed by atoms with Gasteiger partial charge < -0.3 is 5.11 Å². The molecule has 0 bridgehead atoms. The van der Waals surface area contributed by atoms with Crippen LogP contribution < -0.4 is 0 Å². The van der Waals surface area contributed by atoms with Gasteiger partial charge in [0.05, 0.1) is 0 Å². The van der Waals surface area contributed by atoms with Crippen LogP contribution in [0.1, 0.15) is 18.9 Å². The molecule has 0 saturated carbocycles. The molecule has 15 heavy (non-hydrogen) atoms. The van der Waals surface area contributed by atoms with Crippen LogP contribution in [0.2, 0.25) is 0 Å². The molecule has 0 amide bonds.